The molecule has 1 aromatic carbocycles. The first-order chi connectivity index (χ1) is 13.5. The molecular formula is C24H31N3O. The average molecular weight is 378 g/mol. The molecule has 2 N–H and O–H groups in total. The molecule has 148 valence electrons. The number of carbonyl (C=O) groups excluding carboxylic acids is 1. The highest BCUT2D eigenvalue weighted by Crippen LogP contribution is 2.26. The van der Waals surface area contributed by atoms with Gasteiger partial charge in [-0.25, -0.2) is 0 Å². The van der Waals surface area contributed by atoms with Gasteiger partial charge in [-0.1, -0.05) is 32.0 Å². The molecule has 1 amide bonds. The molecular weight excluding hydrogens is 346 g/mol. The molecule has 0 saturated heterocycles. The monoisotopic (exact) mass is 377 g/mol. The van der Waals surface area contributed by atoms with Gasteiger partial charge in [0.15, 0.2) is 0 Å². The molecule has 0 aliphatic heterocycles. The van der Waals surface area contributed by atoms with Gasteiger partial charge >= 0.3 is 0 Å². The van der Waals surface area contributed by atoms with Crippen molar-refractivity contribution in [2.24, 2.45) is 0 Å². The summed E-state index contributed by atoms with van der Waals surface area (Å²) in [4.78, 5) is 12.6. The lowest BCUT2D eigenvalue weighted by Gasteiger charge is -2.16. The van der Waals surface area contributed by atoms with E-state index in [1.807, 2.05) is 12.3 Å². The first-order valence-electron chi connectivity index (χ1n) is 10.2. The molecule has 0 aliphatic rings. The Kier molecular flexibility index (Phi) is 6.08. The van der Waals surface area contributed by atoms with Gasteiger partial charge < -0.3 is 15.0 Å². The van der Waals surface area contributed by atoms with Gasteiger partial charge in [-0.3, -0.25) is 4.79 Å². The second-order valence-corrected chi connectivity index (χ2v) is 7.49. The number of aromatic nitrogens is 1. The first kappa shape index (κ1) is 20.0. The number of fused-ring (bicyclic) bond motifs is 1. The van der Waals surface area contributed by atoms with E-state index in [4.69, 9.17) is 0 Å². The summed E-state index contributed by atoms with van der Waals surface area (Å²) in [6.45, 7) is 12.0. The molecule has 4 heteroatoms. The summed E-state index contributed by atoms with van der Waals surface area (Å²) in [5, 5.41) is 6.60. The minimum absolute atomic E-state index is 0.0253. The Morgan fingerprint density at radius 2 is 1.86 bits per heavy atom. The second-order valence-electron chi connectivity index (χ2n) is 7.49. The zero-order chi connectivity index (χ0) is 20.3. The zero-order valence-electron chi connectivity index (χ0n) is 17.6. The van der Waals surface area contributed by atoms with E-state index in [1.54, 1.807) is 0 Å². The van der Waals surface area contributed by atoms with Gasteiger partial charge in [0.05, 0.1) is 16.8 Å². The van der Waals surface area contributed by atoms with Crippen LogP contribution >= 0.6 is 0 Å². The van der Waals surface area contributed by atoms with Gasteiger partial charge in [0.1, 0.15) is 0 Å². The Bertz CT molecular complexity index is 1000. The highest BCUT2D eigenvalue weighted by molar-refractivity contribution is 5.96. The normalized spacial score (nSPS) is 11.0. The van der Waals surface area contributed by atoms with Gasteiger partial charge in [-0.2, -0.15) is 0 Å². The molecule has 0 radical (unpaired) electrons. The molecule has 0 fully saturated rings. The molecule has 4 nitrogen and oxygen atoms in total. The lowest BCUT2D eigenvalue weighted by molar-refractivity contribution is 0.0953. The van der Waals surface area contributed by atoms with E-state index in [0.717, 1.165) is 36.3 Å². The lowest BCUT2D eigenvalue weighted by atomic mass is 10.00. The van der Waals surface area contributed by atoms with Gasteiger partial charge in [-0.15, -0.1) is 0 Å². The molecule has 28 heavy (non-hydrogen) atoms. The van der Waals surface area contributed by atoms with Crippen LogP contribution in [-0.4, -0.2) is 16.9 Å². The number of aryl methyl sites for hydroxylation is 4. The third-order valence-corrected chi connectivity index (χ3v) is 5.53. The van der Waals surface area contributed by atoms with Crippen molar-refractivity contribution in [1.82, 2.24) is 9.72 Å². The predicted molar refractivity (Wildman–Crippen MR) is 117 cm³/mol. The first-order valence-corrected chi connectivity index (χ1v) is 10.2. The quantitative estimate of drug-likeness (QED) is 0.596. The van der Waals surface area contributed by atoms with E-state index < -0.39 is 0 Å². The highest BCUT2D eigenvalue weighted by Gasteiger charge is 2.14. The third-order valence-electron chi connectivity index (χ3n) is 5.53. The van der Waals surface area contributed by atoms with Crippen molar-refractivity contribution in [2.45, 2.75) is 54.0 Å². The number of benzene rings is 1. The summed E-state index contributed by atoms with van der Waals surface area (Å²) in [6.07, 6.45) is 3.88. The van der Waals surface area contributed by atoms with E-state index in [9.17, 15) is 4.79 Å². The van der Waals surface area contributed by atoms with Crippen LogP contribution in [0.2, 0.25) is 0 Å². The van der Waals surface area contributed by atoms with E-state index in [0.29, 0.717) is 12.1 Å². The number of hydrogen-bond donors (Lipinski definition) is 2. The number of pyridine rings is 1. The molecule has 0 atom stereocenters. The number of rotatable bonds is 7. The van der Waals surface area contributed by atoms with E-state index >= 15 is 0 Å². The van der Waals surface area contributed by atoms with Crippen LogP contribution < -0.4 is 10.6 Å². The smallest absolute Gasteiger partial charge is 0.252 e. The Labute approximate surface area is 168 Å². The van der Waals surface area contributed by atoms with Crippen molar-refractivity contribution in [2.75, 3.05) is 11.9 Å². The number of anilines is 1. The standard InChI is InChI=1S/C24H31N3O/c1-6-11-25-24(28)20-13-22(23-12-17(4)18(5)27(23)15-20)26-14-21-16(3)9-8-10-19(21)7-2/h8-10,12-13,15,26H,6-7,11,14H2,1-5H3,(H,25,28). The van der Waals surface area contributed by atoms with Crippen molar-refractivity contribution in [3.05, 3.63) is 70.0 Å². The molecule has 3 rings (SSSR count). The lowest BCUT2D eigenvalue weighted by Crippen LogP contribution is -2.24. The largest absolute Gasteiger partial charge is 0.379 e. The van der Waals surface area contributed by atoms with Crippen molar-refractivity contribution in [1.29, 1.82) is 0 Å². The van der Waals surface area contributed by atoms with Gasteiger partial charge in [0.2, 0.25) is 0 Å². The summed E-state index contributed by atoms with van der Waals surface area (Å²) in [7, 11) is 0. The maximum atomic E-state index is 12.6. The average Bonchev–Trinajstić information content (AvgIpc) is 2.99. The number of carbonyl (C=O) groups is 1. The fourth-order valence-electron chi connectivity index (χ4n) is 3.67. The van der Waals surface area contributed by atoms with Crippen LogP contribution in [0.5, 0.6) is 0 Å². The van der Waals surface area contributed by atoms with Crippen molar-refractivity contribution in [3.8, 4) is 0 Å². The fraction of sp³-hybridized carbons (Fsp3) is 0.375. The SMILES string of the molecule is CCCNC(=O)c1cc(NCc2c(C)cccc2CC)c2cc(C)c(C)n2c1. The van der Waals surface area contributed by atoms with Crippen LogP contribution in [0.3, 0.4) is 0 Å². The number of nitrogens with zero attached hydrogens (tertiary/aromatic N) is 1. The van der Waals surface area contributed by atoms with E-state index in [1.165, 1.54) is 22.3 Å². The van der Waals surface area contributed by atoms with E-state index in [2.05, 4.69) is 73.9 Å². The summed E-state index contributed by atoms with van der Waals surface area (Å²) in [5.74, 6) is -0.0253. The molecule has 2 aromatic heterocycles. The number of nitrogens with one attached hydrogen (secondary N) is 2. The van der Waals surface area contributed by atoms with Crippen LogP contribution in [0, 0.1) is 20.8 Å². The second kappa shape index (κ2) is 8.51. The minimum atomic E-state index is -0.0253. The third kappa shape index (κ3) is 3.91. The molecule has 0 saturated carbocycles. The maximum Gasteiger partial charge on any atom is 0.252 e. The van der Waals surface area contributed by atoms with Crippen LogP contribution in [0.4, 0.5) is 5.69 Å². The van der Waals surface area contributed by atoms with Crippen LogP contribution in [-0.2, 0) is 13.0 Å². The molecule has 0 spiro atoms. The van der Waals surface area contributed by atoms with E-state index in [-0.39, 0.29) is 5.91 Å². The van der Waals surface area contributed by atoms with Crippen LogP contribution in [0.15, 0.2) is 36.5 Å². The summed E-state index contributed by atoms with van der Waals surface area (Å²) in [6, 6.07) is 10.6. The Hall–Kier alpha value is -2.75. The highest BCUT2D eigenvalue weighted by atomic mass is 16.1. The summed E-state index contributed by atoms with van der Waals surface area (Å²) < 4.78 is 2.12. The summed E-state index contributed by atoms with van der Waals surface area (Å²) in [5.41, 5.74) is 9.16. The Morgan fingerprint density at radius 3 is 2.57 bits per heavy atom. The molecule has 0 unspecified atom stereocenters. The molecule has 0 aliphatic carbocycles. The van der Waals surface area contributed by atoms with Crippen LogP contribution in [0.25, 0.3) is 5.52 Å². The van der Waals surface area contributed by atoms with Crippen molar-refractivity contribution in [3.63, 3.8) is 0 Å². The van der Waals surface area contributed by atoms with Crippen molar-refractivity contribution < 1.29 is 4.79 Å². The molecule has 0 bridgehead atoms. The Balaban J connectivity index is 2.00. The predicted octanol–water partition coefficient (Wildman–Crippen LogP) is 5.18. The van der Waals surface area contributed by atoms with Gasteiger partial charge in [0.25, 0.3) is 5.91 Å². The fourth-order valence-corrected chi connectivity index (χ4v) is 3.67. The number of amides is 1. The maximum absolute atomic E-state index is 12.6. The molecule has 3 aromatic rings. The topological polar surface area (TPSA) is 45.5 Å². The summed E-state index contributed by atoms with van der Waals surface area (Å²) >= 11 is 0. The Morgan fingerprint density at radius 1 is 1.07 bits per heavy atom. The zero-order valence-corrected chi connectivity index (χ0v) is 17.6. The van der Waals surface area contributed by atoms with Crippen LogP contribution in [0.1, 0.15) is 58.6 Å². The number of hydrogen-bond acceptors (Lipinski definition) is 2. The molecule has 2 heterocycles. The van der Waals surface area contributed by atoms with Gasteiger partial charge in [0, 0.05) is 25.0 Å². The minimum Gasteiger partial charge on any atom is -0.379 e. The van der Waals surface area contributed by atoms with Gasteiger partial charge in [-0.05, 0) is 68.0 Å². The van der Waals surface area contributed by atoms with Crippen molar-refractivity contribution >= 4 is 17.1 Å².